The van der Waals surface area contributed by atoms with E-state index >= 15 is 0 Å². The summed E-state index contributed by atoms with van der Waals surface area (Å²) in [4.78, 5) is 13.8. The van der Waals surface area contributed by atoms with Gasteiger partial charge in [-0.2, -0.15) is 0 Å². The fraction of sp³-hybridized carbons (Fsp3) is 0.324. The van der Waals surface area contributed by atoms with Gasteiger partial charge >= 0.3 is 0 Å². The SMILES string of the molecule is Cc1cc(C2=C([O-])C(c3cc(C)c4cc(C(C)C)ccc(C)c3-4)C2=O)c2c(C)ccc(C(C)C)cc1-2. The Morgan fingerprint density at radius 1 is 0.639 bits per heavy atom. The Balaban J connectivity index is 1.65. The monoisotopic (exact) mass is 475 g/mol. The lowest BCUT2D eigenvalue weighted by Gasteiger charge is -2.37. The summed E-state index contributed by atoms with van der Waals surface area (Å²) < 4.78 is 0. The van der Waals surface area contributed by atoms with Gasteiger partial charge in [0, 0.05) is 5.57 Å². The van der Waals surface area contributed by atoms with Crippen LogP contribution in [0.5, 0.6) is 0 Å². The van der Waals surface area contributed by atoms with E-state index in [4.69, 9.17) is 0 Å². The molecular weight excluding hydrogens is 440 g/mol. The van der Waals surface area contributed by atoms with Crippen LogP contribution >= 0.6 is 0 Å². The summed E-state index contributed by atoms with van der Waals surface area (Å²) in [6.07, 6.45) is 0. The number of Topliss-reactive ketones (excluding diaryl/α,β-unsaturated/α-hetero) is 1. The summed E-state index contributed by atoms with van der Waals surface area (Å²) in [7, 11) is 0. The second kappa shape index (κ2) is 8.62. The summed E-state index contributed by atoms with van der Waals surface area (Å²) in [5.41, 5.74) is 13.3. The molecule has 5 rings (SSSR count). The van der Waals surface area contributed by atoms with Gasteiger partial charge in [0.2, 0.25) is 0 Å². The van der Waals surface area contributed by atoms with Crippen LogP contribution in [-0.2, 0) is 4.79 Å². The zero-order valence-corrected chi connectivity index (χ0v) is 22.7. The molecular formula is C34H35O2-. The average Bonchev–Trinajstić information content (AvgIpc) is 3.11. The van der Waals surface area contributed by atoms with E-state index in [0.717, 1.165) is 55.6 Å². The van der Waals surface area contributed by atoms with Crippen molar-refractivity contribution in [1.29, 1.82) is 0 Å². The molecule has 0 saturated carbocycles. The van der Waals surface area contributed by atoms with Crippen LogP contribution < -0.4 is 5.11 Å². The zero-order valence-electron chi connectivity index (χ0n) is 22.7. The smallest absolute Gasteiger partial charge is 0.173 e. The van der Waals surface area contributed by atoms with E-state index < -0.39 is 5.92 Å². The van der Waals surface area contributed by atoms with Crippen LogP contribution in [0.25, 0.3) is 27.8 Å². The predicted octanol–water partition coefficient (Wildman–Crippen LogP) is 7.81. The molecule has 0 saturated heterocycles. The number of fused-ring (bicyclic) bond motifs is 2. The van der Waals surface area contributed by atoms with Crippen LogP contribution in [0.2, 0.25) is 0 Å². The number of rotatable bonds is 4. The van der Waals surface area contributed by atoms with Crippen molar-refractivity contribution in [2.75, 3.05) is 0 Å². The third-order valence-electron chi connectivity index (χ3n) is 8.07. The van der Waals surface area contributed by atoms with Gasteiger partial charge in [-0.15, -0.1) is 5.76 Å². The van der Waals surface area contributed by atoms with Crippen LogP contribution in [0.4, 0.5) is 0 Å². The number of aryl methyl sites for hydroxylation is 4. The van der Waals surface area contributed by atoms with Crippen LogP contribution in [0.3, 0.4) is 0 Å². The number of carbonyl (C=O) groups is 1. The van der Waals surface area contributed by atoms with Crippen molar-refractivity contribution in [3.8, 4) is 22.3 Å². The molecule has 5 aliphatic carbocycles. The first-order valence-electron chi connectivity index (χ1n) is 13.0. The molecule has 2 heteroatoms. The third kappa shape index (κ3) is 3.58. The molecule has 0 aliphatic heterocycles. The first-order valence-corrected chi connectivity index (χ1v) is 13.0. The number of allylic oxidation sites excluding steroid dienone is 2. The number of ketones is 1. The second-order valence-corrected chi connectivity index (χ2v) is 11.3. The first kappa shape index (κ1) is 24.3. The fourth-order valence-electron chi connectivity index (χ4n) is 5.86. The summed E-state index contributed by atoms with van der Waals surface area (Å²) in [5.74, 6) is -0.0164. The molecule has 0 bridgehead atoms. The van der Waals surface area contributed by atoms with E-state index in [1.807, 2.05) is 6.07 Å². The van der Waals surface area contributed by atoms with E-state index in [1.54, 1.807) is 0 Å². The van der Waals surface area contributed by atoms with Crippen molar-refractivity contribution in [2.45, 2.75) is 73.1 Å². The van der Waals surface area contributed by atoms with Gasteiger partial charge in [0.1, 0.15) is 0 Å². The van der Waals surface area contributed by atoms with Crippen molar-refractivity contribution in [1.82, 2.24) is 0 Å². The lowest BCUT2D eigenvalue weighted by Crippen LogP contribution is -2.35. The Morgan fingerprint density at radius 2 is 1.14 bits per heavy atom. The summed E-state index contributed by atoms with van der Waals surface area (Å²) in [6, 6.07) is 17.1. The standard InChI is InChI=1S/C34H36O2/c1-17(2)23-11-9-19(5)29-25(15-23)21(7)13-27(29)31-33(35)32(34(31)36)28-14-22(8)26-16-24(18(3)4)12-10-20(6)30(26)28/h9-18,31,35H,1-8H3/p-1. The molecule has 1 unspecified atom stereocenters. The Bertz CT molecular complexity index is 1500. The van der Waals surface area contributed by atoms with Gasteiger partial charge < -0.3 is 5.11 Å². The Morgan fingerprint density at radius 3 is 1.67 bits per heavy atom. The van der Waals surface area contributed by atoms with Crippen LogP contribution in [0.1, 0.15) is 90.0 Å². The molecule has 0 radical (unpaired) electrons. The molecule has 2 nitrogen and oxygen atoms in total. The highest BCUT2D eigenvalue weighted by Gasteiger charge is 2.39. The molecule has 0 N–H and O–H groups in total. The molecule has 0 aromatic carbocycles. The molecule has 1 atom stereocenters. The van der Waals surface area contributed by atoms with Crippen LogP contribution in [-0.4, -0.2) is 5.78 Å². The minimum absolute atomic E-state index is 0.0521. The number of hydrogen-bond donors (Lipinski definition) is 0. The lowest BCUT2D eigenvalue weighted by atomic mass is 9.73. The topological polar surface area (TPSA) is 40.1 Å². The van der Waals surface area contributed by atoms with Gasteiger partial charge in [0.05, 0.1) is 5.92 Å². The highest BCUT2D eigenvalue weighted by molar-refractivity contribution is 6.33. The Kier molecular flexibility index (Phi) is 5.82. The molecule has 0 spiro atoms. The minimum Gasteiger partial charge on any atom is -0.874 e. The van der Waals surface area contributed by atoms with Crippen LogP contribution in [0.15, 0.2) is 54.3 Å². The third-order valence-corrected chi connectivity index (χ3v) is 8.07. The van der Waals surface area contributed by atoms with E-state index in [-0.39, 0.29) is 11.5 Å². The van der Waals surface area contributed by atoms with Crippen molar-refractivity contribution < 1.29 is 9.90 Å². The van der Waals surface area contributed by atoms with E-state index in [1.165, 1.54) is 11.1 Å². The van der Waals surface area contributed by atoms with Gasteiger partial charge in [-0.05, 0) is 106 Å². The zero-order chi connectivity index (χ0) is 26.0. The van der Waals surface area contributed by atoms with Gasteiger partial charge in [0.15, 0.2) is 5.78 Å². The minimum atomic E-state index is -0.714. The normalized spacial score (nSPS) is 16.1. The summed E-state index contributed by atoms with van der Waals surface area (Å²) in [6.45, 7) is 17.1. The van der Waals surface area contributed by atoms with Crippen LogP contribution in [0, 0.1) is 27.7 Å². The Labute approximate surface area is 215 Å². The molecule has 0 heterocycles. The molecule has 0 aromatic heterocycles. The largest absolute Gasteiger partial charge is 0.874 e. The first-order chi connectivity index (χ1) is 17.0. The number of hydrogen-bond acceptors (Lipinski definition) is 2. The van der Waals surface area contributed by atoms with Crippen molar-refractivity contribution in [3.05, 3.63) is 98.8 Å². The summed E-state index contributed by atoms with van der Waals surface area (Å²) in [5, 5.41) is 13.8. The average molecular weight is 476 g/mol. The molecule has 0 fully saturated rings. The molecule has 36 heavy (non-hydrogen) atoms. The van der Waals surface area contributed by atoms with E-state index in [0.29, 0.717) is 17.4 Å². The van der Waals surface area contributed by atoms with Crippen molar-refractivity contribution in [2.24, 2.45) is 0 Å². The lowest BCUT2D eigenvalue weighted by molar-refractivity contribution is -0.310. The molecule has 5 aliphatic rings. The fourth-order valence-corrected chi connectivity index (χ4v) is 5.86. The molecule has 184 valence electrons. The van der Waals surface area contributed by atoms with Gasteiger partial charge in [-0.1, -0.05) is 76.2 Å². The maximum Gasteiger partial charge on any atom is 0.173 e. The molecule has 0 amide bonds. The quantitative estimate of drug-likeness (QED) is 0.302. The summed E-state index contributed by atoms with van der Waals surface area (Å²) >= 11 is 0. The van der Waals surface area contributed by atoms with Gasteiger partial charge in [0.25, 0.3) is 0 Å². The maximum absolute atomic E-state index is 13.8. The van der Waals surface area contributed by atoms with Crippen molar-refractivity contribution in [3.63, 3.8) is 0 Å². The highest BCUT2D eigenvalue weighted by atomic mass is 16.3. The number of carbonyl (C=O) groups excluding carboxylic acids is 1. The predicted molar refractivity (Wildman–Crippen MR) is 148 cm³/mol. The van der Waals surface area contributed by atoms with Gasteiger partial charge in [-0.25, -0.2) is 0 Å². The maximum atomic E-state index is 13.8. The van der Waals surface area contributed by atoms with E-state index in [9.17, 15) is 9.90 Å². The van der Waals surface area contributed by atoms with Gasteiger partial charge in [-0.3, -0.25) is 4.79 Å². The molecule has 0 aromatic rings. The Hall–Kier alpha value is -3.39. The second-order valence-electron chi connectivity index (χ2n) is 11.3. The van der Waals surface area contributed by atoms with E-state index in [2.05, 4.69) is 97.9 Å². The van der Waals surface area contributed by atoms with Crippen molar-refractivity contribution >= 4 is 11.4 Å². The highest BCUT2D eigenvalue weighted by Crippen LogP contribution is 2.51.